The predicted molar refractivity (Wildman–Crippen MR) is 72.3 cm³/mol. The number of hydrogen-bond acceptors (Lipinski definition) is 3. The van der Waals surface area contributed by atoms with Gasteiger partial charge in [0.15, 0.2) is 0 Å². The van der Waals surface area contributed by atoms with E-state index in [4.69, 9.17) is 5.73 Å². The molecule has 0 atom stereocenters. The average molecular weight is 259 g/mol. The van der Waals surface area contributed by atoms with Gasteiger partial charge in [-0.3, -0.25) is 0 Å². The molecule has 4 heteroatoms. The third kappa shape index (κ3) is 2.73. The molecule has 0 amide bonds. The lowest BCUT2D eigenvalue weighted by molar-refractivity contribution is 0.0600. The molecule has 0 aliphatic rings. The van der Waals surface area contributed by atoms with Crippen LogP contribution in [0, 0.1) is 12.7 Å². The molecule has 0 aliphatic heterocycles. The van der Waals surface area contributed by atoms with Crippen molar-refractivity contribution >= 4 is 11.7 Å². The van der Waals surface area contributed by atoms with Gasteiger partial charge < -0.3 is 10.5 Å². The molecule has 0 radical (unpaired) electrons. The number of nitrogens with two attached hydrogens (primary N) is 1. The van der Waals surface area contributed by atoms with Gasteiger partial charge in [0, 0.05) is 5.69 Å². The Morgan fingerprint density at radius 3 is 2.63 bits per heavy atom. The van der Waals surface area contributed by atoms with E-state index in [1.165, 1.54) is 13.2 Å². The summed E-state index contributed by atoms with van der Waals surface area (Å²) in [5, 5.41) is 0. The number of halogens is 1. The second kappa shape index (κ2) is 5.10. The van der Waals surface area contributed by atoms with Crippen LogP contribution in [0.25, 0.3) is 11.1 Å². The topological polar surface area (TPSA) is 52.3 Å². The third-order valence-electron chi connectivity index (χ3n) is 2.89. The molecule has 0 heterocycles. The Bertz CT molecular complexity index is 638. The largest absolute Gasteiger partial charge is 0.465 e. The minimum atomic E-state index is -0.567. The number of rotatable bonds is 2. The van der Waals surface area contributed by atoms with E-state index in [1.54, 1.807) is 18.2 Å². The highest BCUT2D eigenvalue weighted by molar-refractivity contribution is 5.91. The SMILES string of the molecule is COC(=O)c1cc(F)cc(-c2cc(N)ccc2C)c1. The van der Waals surface area contributed by atoms with Crippen LogP contribution in [0.3, 0.4) is 0 Å². The van der Waals surface area contributed by atoms with Crippen molar-refractivity contribution in [2.24, 2.45) is 0 Å². The van der Waals surface area contributed by atoms with Crippen LogP contribution < -0.4 is 5.73 Å². The maximum Gasteiger partial charge on any atom is 0.337 e. The molecule has 98 valence electrons. The first-order valence-corrected chi connectivity index (χ1v) is 5.76. The van der Waals surface area contributed by atoms with Gasteiger partial charge in [0.1, 0.15) is 5.82 Å². The van der Waals surface area contributed by atoms with Crippen molar-refractivity contribution in [1.29, 1.82) is 0 Å². The maximum absolute atomic E-state index is 13.6. The Morgan fingerprint density at radius 1 is 1.21 bits per heavy atom. The highest BCUT2D eigenvalue weighted by atomic mass is 19.1. The molecule has 2 rings (SSSR count). The van der Waals surface area contributed by atoms with Crippen LogP contribution in [0.4, 0.5) is 10.1 Å². The van der Waals surface area contributed by atoms with Gasteiger partial charge >= 0.3 is 5.97 Å². The number of carbonyl (C=O) groups excluding carboxylic acids is 1. The van der Waals surface area contributed by atoms with Gasteiger partial charge in [-0.2, -0.15) is 0 Å². The number of anilines is 1. The molecule has 0 saturated carbocycles. The Balaban J connectivity index is 2.59. The van der Waals surface area contributed by atoms with Crippen molar-refractivity contribution in [3.05, 3.63) is 53.3 Å². The Hall–Kier alpha value is -2.36. The van der Waals surface area contributed by atoms with E-state index in [-0.39, 0.29) is 5.56 Å². The molecule has 0 spiro atoms. The average Bonchev–Trinajstić information content (AvgIpc) is 2.39. The summed E-state index contributed by atoms with van der Waals surface area (Å²) < 4.78 is 18.2. The molecule has 0 aromatic heterocycles. The summed E-state index contributed by atoms with van der Waals surface area (Å²) in [5.41, 5.74) is 8.86. The zero-order valence-corrected chi connectivity index (χ0v) is 10.7. The van der Waals surface area contributed by atoms with E-state index in [9.17, 15) is 9.18 Å². The first-order chi connectivity index (χ1) is 9.01. The molecule has 0 fully saturated rings. The van der Waals surface area contributed by atoms with Gasteiger partial charge in [0.25, 0.3) is 0 Å². The molecule has 2 N–H and O–H groups in total. The molecule has 3 nitrogen and oxygen atoms in total. The number of benzene rings is 2. The number of hydrogen-bond donors (Lipinski definition) is 1. The van der Waals surface area contributed by atoms with Gasteiger partial charge in [0.2, 0.25) is 0 Å². The van der Waals surface area contributed by atoms with E-state index in [1.807, 2.05) is 13.0 Å². The summed E-state index contributed by atoms with van der Waals surface area (Å²) in [6, 6.07) is 9.50. The van der Waals surface area contributed by atoms with Crippen molar-refractivity contribution in [2.45, 2.75) is 6.92 Å². The second-order valence-corrected chi connectivity index (χ2v) is 4.29. The summed E-state index contributed by atoms with van der Waals surface area (Å²) in [6.45, 7) is 1.90. The van der Waals surface area contributed by atoms with Gasteiger partial charge in [-0.15, -0.1) is 0 Å². The Labute approximate surface area is 110 Å². The normalized spacial score (nSPS) is 10.3. The van der Waals surface area contributed by atoms with Crippen LogP contribution in [-0.2, 0) is 4.74 Å². The number of esters is 1. The van der Waals surface area contributed by atoms with Crippen molar-refractivity contribution in [1.82, 2.24) is 0 Å². The summed E-state index contributed by atoms with van der Waals surface area (Å²) in [6.07, 6.45) is 0. The van der Waals surface area contributed by atoms with Crippen molar-refractivity contribution in [3.8, 4) is 11.1 Å². The van der Waals surface area contributed by atoms with E-state index < -0.39 is 11.8 Å². The molecule has 0 bridgehead atoms. The van der Waals surface area contributed by atoms with Crippen LogP contribution in [0.2, 0.25) is 0 Å². The molecule has 0 aliphatic carbocycles. The zero-order chi connectivity index (χ0) is 14.0. The summed E-state index contributed by atoms with van der Waals surface area (Å²) >= 11 is 0. The smallest absolute Gasteiger partial charge is 0.337 e. The monoisotopic (exact) mass is 259 g/mol. The number of methoxy groups -OCH3 is 1. The fraction of sp³-hybridized carbons (Fsp3) is 0.133. The van der Waals surface area contributed by atoms with Gasteiger partial charge in [0.05, 0.1) is 12.7 Å². The maximum atomic E-state index is 13.6. The number of nitrogen functional groups attached to an aromatic ring is 1. The van der Waals surface area contributed by atoms with Crippen LogP contribution in [0.1, 0.15) is 15.9 Å². The summed E-state index contributed by atoms with van der Waals surface area (Å²) in [7, 11) is 1.26. The molecule has 2 aromatic carbocycles. The number of aryl methyl sites for hydroxylation is 1. The van der Waals surface area contributed by atoms with E-state index in [0.29, 0.717) is 11.3 Å². The molecule has 19 heavy (non-hydrogen) atoms. The Kier molecular flexibility index (Phi) is 3.51. The minimum absolute atomic E-state index is 0.180. The van der Waals surface area contributed by atoms with E-state index in [0.717, 1.165) is 17.2 Å². The minimum Gasteiger partial charge on any atom is -0.465 e. The fourth-order valence-electron chi connectivity index (χ4n) is 1.93. The lowest BCUT2D eigenvalue weighted by atomic mass is 9.98. The number of carbonyl (C=O) groups is 1. The first kappa shape index (κ1) is 13.1. The number of ether oxygens (including phenoxy) is 1. The quantitative estimate of drug-likeness (QED) is 0.665. The van der Waals surface area contributed by atoms with Crippen LogP contribution >= 0.6 is 0 Å². The van der Waals surface area contributed by atoms with Crippen molar-refractivity contribution < 1.29 is 13.9 Å². The van der Waals surface area contributed by atoms with Crippen LogP contribution in [-0.4, -0.2) is 13.1 Å². The van der Waals surface area contributed by atoms with Gasteiger partial charge in [-0.25, -0.2) is 9.18 Å². The van der Waals surface area contributed by atoms with Crippen molar-refractivity contribution in [2.75, 3.05) is 12.8 Å². The van der Waals surface area contributed by atoms with Gasteiger partial charge in [-0.05, 0) is 53.9 Å². The van der Waals surface area contributed by atoms with E-state index >= 15 is 0 Å². The molecular formula is C15H14FNO2. The highest BCUT2D eigenvalue weighted by Crippen LogP contribution is 2.27. The molecule has 0 saturated heterocycles. The molecular weight excluding hydrogens is 245 g/mol. The standard InChI is InChI=1S/C15H14FNO2/c1-9-3-4-13(17)8-14(9)10-5-11(15(18)19-2)7-12(16)6-10/h3-8H,17H2,1-2H3. The lowest BCUT2D eigenvalue weighted by Gasteiger charge is -2.09. The second-order valence-electron chi connectivity index (χ2n) is 4.29. The van der Waals surface area contributed by atoms with E-state index in [2.05, 4.69) is 4.74 Å². The summed E-state index contributed by atoms with van der Waals surface area (Å²) in [4.78, 5) is 11.5. The zero-order valence-electron chi connectivity index (χ0n) is 10.7. The predicted octanol–water partition coefficient (Wildman–Crippen LogP) is 3.17. The summed E-state index contributed by atoms with van der Waals surface area (Å²) in [5.74, 6) is -1.05. The molecule has 0 unspecified atom stereocenters. The van der Waals surface area contributed by atoms with Crippen LogP contribution in [0.15, 0.2) is 36.4 Å². The van der Waals surface area contributed by atoms with Crippen LogP contribution in [0.5, 0.6) is 0 Å². The first-order valence-electron chi connectivity index (χ1n) is 5.76. The molecule has 2 aromatic rings. The fourth-order valence-corrected chi connectivity index (χ4v) is 1.93. The highest BCUT2D eigenvalue weighted by Gasteiger charge is 2.11. The lowest BCUT2D eigenvalue weighted by Crippen LogP contribution is -2.02. The third-order valence-corrected chi connectivity index (χ3v) is 2.89. The Morgan fingerprint density at radius 2 is 1.95 bits per heavy atom. The van der Waals surface area contributed by atoms with Crippen molar-refractivity contribution in [3.63, 3.8) is 0 Å². The van der Waals surface area contributed by atoms with Gasteiger partial charge in [-0.1, -0.05) is 6.07 Å².